The van der Waals surface area contributed by atoms with Crippen LogP contribution in [-0.2, 0) is 0 Å². The molecule has 0 fully saturated rings. The van der Waals surface area contributed by atoms with Crippen LogP contribution in [0.3, 0.4) is 0 Å². The number of aromatic nitrogens is 4. The molecule has 7 nitrogen and oxygen atoms in total. The number of benzene rings is 1. The van der Waals surface area contributed by atoms with Crippen LogP contribution >= 0.6 is 0 Å². The van der Waals surface area contributed by atoms with Gasteiger partial charge in [-0.3, -0.25) is 9.48 Å². The van der Waals surface area contributed by atoms with Gasteiger partial charge in [-0.2, -0.15) is 10.1 Å². The fraction of sp³-hybridized carbons (Fsp3) is 0.368. The predicted molar refractivity (Wildman–Crippen MR) is 97.7 cm³/mol. The number of carbonyl (C=O) groups is 1. The van der Waals surface area contributed by atoms with Crippen LogP contribution in [0.25, 0.3) is 11.4 Å². The quantitative estimate of drug-likeness (QED) is 0.757. The smallest absolute Gasteiger partial charge is 0.270 e. The van der Waals surface area contributed by atoms with E-state index in [0.29, 0.717) is 17.4 Å². The van der Waals surface area contributed by atoms with E-state index in [1.165, 1.54) is 0 Å². The topological polar surface area (TPSA) is 85.8 Å². The van der Waals surface area contributed by atoms with E-state index < -0.39 is 6.04 Å². The Kier molecular flexibility index (Phi) is 4.88. The van der Waals surface area contributed by atoms with Crippen LogP contribution in [0.5, 0.6) is 0 Å². The first-order valence-electron chi connectivity index (χ1n) is 8.62. The molecular formula is C19H23N5O2. The molecule has 1 unspecified atom stereocenters. The molecule has 0 saturated carbocycles. The monoisotopic (exact) mass is 353 g/mol. The molecule has 1 N–H and O–H groups in total. The highest BCUT2D eigenvalue weighted by Gasteiger charge is 2.22. The molecule has 136 valence electrons. The number of carbonyl (C=O) groups excluding carboxylic acids is 1. The van der Waals surface area contributed by atoms with Crippen molar-refractivity contribution in [1.29, 1.82) is 0 Å². The van der Waals surface area contributed by atoms with Gasteiger partial charge in [-0.05, 0) is 46.2 Å². The highest BCUT2D eigenvalue weighted by molar-refractivity contribution is 5.94. The first-order valence-corrected chi connectivity index (χ1v) is 8.62. The predicted octanol–water partition coefficient (Wildman–Crippen LogP) is 3.62. The summed E-state index contributed by atoms with van der Waals surface area (Å²) in [6.07, 6.45) is 1.70. The van der Waals surface area contributed by atoms with E-state index in [9.17, 15) is 4.79 Å². The minimum atomic E-state index is -0.413. The normalized spacial score (nSPS) is 12.4. The Hall–Kier alpha value is -2.96. The summed E-state index contributed by atoms with van der Waals surface area (Å²) in [5.41, 5.74) is 3.37. The SMILES string of the molecule is Cc1cccc(-c2noc(C(C)NC(=O)c3c(C)cnn3C(C)C)n2)c1. The highest BCUT2D eigenvalue weighted by atomic mass is 16.5. The van der Waals surface area contributed by atoms with Crippen molar-refractivity contribution in [2.24, 2.45) is 0 Å². The molecule has 0 radical (unpaired) electrons. The van der Waals surface area contributed by atoms with Crippen molar-refractivity contribution >= 4 is 5.91 Å². The lowest BCUT2D eigenvalue weighted by Gasteiger charge is -2.14. The molecule has 1 aromatic carbocycles. The number of hydrogen-bond acceptors (Lipinski definition) is 5. The molecule has 0 aliphatic heterocycles. The van der Waals surface area contributed by atoms with Crippen molar-refractivity contribution in [1.82, 2.24) is 25.2 Å². The molecule has 2 aromatic heterocycles. The second kappa shape index (κ2) is 7.11. The Labute approximate surface area is 152 Å². The lowest BCUT2D eigenvalue weighted by molar-refractivity contribution is 0.0919. The van der Waals surface area contributed by atoms with Crippen LogP contribution < -0.4 is 5.32 Å². The first-order chi connectivity index (χ1) is 12.4. The van der Waals surface area contributed by atoms with Gasteiger partial charge < -0.3 is 9.84 Å². The van der Waals surface area contributed by atoms with Crippen molar-refractivity contribution in [3.63, 3.8) is 0 Å². The van der Waals surface area contributed by atoms with Gasteiger partial charge in [0.15, 0.2) is 0 Å². The van der Waals surface area contributed by atoms with Gasteiger partial charge in [-0.15, -0.1) is 0 Å². The standard InChI is InChI=1S/C19H23N5O2/c1-11(2)24-16(13(4)10-20-24)18(25)21-14(5)19-22-17(23-26-19)15-8-6-7-12(3)9-15/h6-11,14H,1-5H3,(H,21,25). The van der Waals surface area contributed by atoms with Gasteiger partial charge in [-0.25, -0.2) is 0 Å². The molecule has 3 rings (SSSR count). The number of hydrogen-bond donors (Lipinski definition) is 1. The molecule has 0 saturated heterocycles. The van der Waals surface area contributed by atoms with E-state index in [2.05, 4.69) is 20.6 Å². The Bertz CT molecular complexity index is 926. The second-order valence-electron chi connectivity index (χ2n) is 6.74. The van der Waals surface area contributed by atoms with Gasteiger partial charge in [0.2, 0.25) is 11.7 Å². The highest BCUT2D eigenvalue weighted by Crippen LogP contribution is 2.20. The molecule has 0 spiro atoms. The maximum atomic E-state index is 12.7. The summed E-state index contributed by atoms with van der Waals surface area (Å²) in [5.74, 6) is 0.660. The summed E-state index contributed by atoms with van der Waals surface area (Å²) in [6, 6.07) is 7.55. The zero-order valence-corrected chi connectivity index (χ0v) is 15.6. The molecule has 7 heteroatoms. The van der Waals surface area contributed by atoms with Crippen molar-refractivity contribution in [2.45, 2.75) is 46.7 Å². The molecule has 0 aliphatic carbocycles. The summed E-state index contributed by atoms with van der Waals surface area (Å²) in [6.45, 7) is 9.66. The third-order valence-corrected chi connectivity index (χ3v) is 4.12. The zero-order chi connectivity index (χ0) is 18.8. The van der Waals surface area contributed by atoms with Gasteiger partial charge in [0, 0.05) is 11.6 Å². The number of aryl methyl sites for hydroxylation is 2. The third-order valence-electron chi connectivity index (χ3n) is 4.12. The van der Waals surface area contributed by atoms with Crippen molar-refractivity contribution in [2.75, 3.05) is 0 Å². The van der Waals surface area contributed by atoms with Crippen LogP contribution in [0.1, 0.15) is 60.4 Å². The van der Waals surface area contributed by atoms with Gasteiger partial charge >= 0.3 is 0 Å². The third kappa shape index (κ3) is 3.51. The second-order valence-corrected chi connectivity index (χ2v) is 6.74. The molecule has 0 aliphatic rings. The largest absolute Gasteiger partial charge is 0.339 e. The molecular weight excluding hydrogens is 330 g/mol. The van der Waals surface area contributed by atoms with Gasteiger partial charge in [0.25, 0.3) is 5.91 Å². The summed E-state index contributed by atoms with van der Waals surface area (Å²) < 4.78 is 7.06. The maximum Gasteiger partial charge on any atom is 0.270 e. The van der Waals surface area contributed by atoms with Gasteiger partial charge in [-0.1, -0.05) is 28.9 Å². The minimum absolute atomic E-state index is 0.0936. The number of amides is 1. The van der Waals surface area contributed by atoms with Gasteiger partial charge in [0.05, 0.1) is 6.20 Å². The Balaban J connectivity index is 1.78. The van der Waals surface area contributed by atoms with E-state index in [0.717, 1.165) is 16.7 Å². The zero-order valence-electron chi connectivity index (χ0n) is 15.6. The van der Waals surface area contributed by atoms with E-state index in [-0.39, 0.29) is 11.9 Å². The van der Waals surface area contributed by atoms with E-state index in [1.807, 2.05) is 58.9 Å². The van der Waals surface area contributed by atoms with Crippen molar-refractivity contribution in [3.8, 4) is 11.4 Å². The molecule has 1 atom stereocenters. The van der Waals surface area contributed by atoms with Crippen molar-refractivity contribution in [3.05, 3.63) is 53.2 Å². The lowest BCUT2D eigenvalue weighted by atomic mass is 10.1. The fourth-order valence-electron chi connectivity index (χ4n) is 2.76. The summed E-state index contributed by atoms with van der Waals surface area (Å²) >= 11 is 0. The first kappa shape index (κ1) is 17.8. The van der Waals surface area contributed by atoms with E-state index >= 15 is 0 Å². The minimum Gasteiger partial charge on any atom is -0.339 e. The molecule has 0 bridgehead atoms. The van der Waals surface area contributed by atoms with Gasteiger partial charge in [0.1, 0.15) is 11.7 Å². The Morgan fingerprint density at radius 3 is 2.69 bits per heavy atom. The maximum absolute atomic E-state index is 12.7. The molecule has 3 aromatic rings. The fourth-order valence-corrected chi connectivity index (χ4v) is 2.76. The molecule has 26 heavy (non-hydrogen) atoms. The Morgan fingerprint density at radius 1 is 1.23 bits per heavy atom. The van der Waals surface area contributed by atoms with Crippen molar-refractivity contribution < 1.29 is 9.32 Å². The summed E-state index contributed by atoms with van der Waals surface area (Å²) in [5, 5.41) is 11.2. The number of nitrogens with zero attached hydrogens (tertiary/aromatic N) is 4. The Morgan fingerprint density at radius 2 is 2.00 bits per heavy atom. The van der Waals surface area contributed by atoms with E-state index in [1.54, 1.807) is 10.9 Å². The van der Waals surface area contributed by atoms with Crippen LogP contribution in [0.2, 0.25) is 0 Å². The molecule has 2 heterocycles. The average Bonchev–Trinajstić information content (AvgIpc) is 3.21. The van der Waals surface area contributed by atoms with E-state index in [4.69, 9.17) is 4.52 Å². The lowest BCUT2D eigenvalue weighted by Crippen LogP contribution is -2.30. The molecule has 1 amide bonds. The van der Waals surface area contributed by atoms with Crippen LogP contribution in [-0.4, -0.2) is 25.8 Å². The average molecular weight is 353 g/mol. The van der Waals surface area contributed by atoms with Crippen LogP contribution in [0.15, 0.2) is 35.0 Å². The van der Waals surface area contributed by atoms with Crippen LogP contribution in [0.4, 0.5) is 0 Å². The van der Waals surface area contributed by atoms with Crippen LogP contribution in [0, 0.1) is 13.8 Å². The summed E-state index contributed by atoms with van der Waals surface area (Å²) in [7, 11) is 0. The summed E-state index contributed by atoms with van der Waals surface area (Å²) in [4.78, 5) is 17.1. The number of rotatable bonds is 5. The number of nitrogens with one attached hydrogen (secondary N) is 1.